The second-order valence-electron chi connectivity index (χ2n) is 12.2. The summed E-state index contributed by atoms with van der Waals surface area (Å²) < 4.78 is 37.2. The SMILES string of the molecule is CCn1cc(-c2ccnc3c2cc(CNCCN2CCOCC2)n3S(=O)(=O)c2ccccc2)c(-c2ccc(NC(=O)Nc3ccccc3)cc2)n1. The van der Waals surface area contributed by atoms with Gasteiger partial charge >= 0.3 is 6.03 Å². The van der Waals surface area contributed by atoms with E-state index in [1.807, 2.05) is 84.5 Å². The highest BCUT2D eigenvalue weighted by molar-refractivity contribution is 7.90. The number of benzene rings is 3. The smallest absolute Gasteiger partial charge is 0.323 e. The van der Waals surface area contributed by atoms with E-state index in [1.165, 1.54) is 3.97 Å². The second-order valence-corrected chi connectivity index (χ2v) is 14.0. The van der Waals surface area contributed by atoms with Gasteiger partial charge in [0.15, 0.2) is 5.65 Å². The first-order valence-corrected chi connectivity index (χ1v) is 18.5. The molecule has 0 spiro atoms. The van der Waals surface area contributed by atoms with Gasteiger partial charge in [0.25, 0.3) is 10.0 Å². The maximum Gasteiger partial charge on any atom is 0.323 e. The van der Waals surface area contributed by atoms with E-state index in [0.29, 0.717) is 47.7 Å². The Balaban J connectivity index is 1.22. The first kappa shape index (κ1) is 34.1. The molecule has 262 valence electrons. The number of carbonyl (C=O) groups excluding carboxylic acids is 1. The van der Waals surface area contributed by atoms with Gasteiger partial charge < -0.3 is 20.7 Å². The molecule has 1 aliphatic rings. The van der Waals surface area contributed by atoms with Crippen molar-refractivity contribution in [2.24, 2.45) is 0 Å². The van der Waals surface area contributed by atoms with Crippen LogP contribution in [0.15, 0.2) is 114 Å². The zero-order valence-corrected chi connectivity index (χ0v) is 29.1. The number of pyridine rings is 1. The minimum Gasteiger partial charge on any atom is -0.379 e. The molecule has 3 aromatic carbocycles. The number of anilines is 2. The van der Waals surface area contributed by atoms with Crippen LogP contribution < -0.4 is 16.0 Å². The largest absolute Gasteiger partial charge is 0.379 e. The number of nitrogens with zero attached hydrogens (tertiary/aromatic N) is 5. The first-order valence-electron chi connectivity index (χ1n) is 17.0. The Morgan fingerprint density at radius 2 is 1.55 bits per heavy atom. The van der Waals surface area contributed by atoms with Crippen molar-refractivity contribution >= 4 is 38.5 Å². The van der Waals surface area contributed by atoms with E-state index >= 15 is 0 Å². The number of amides is 2. The van der Waals surface area contributed by atoms with Crippen molar-refractivity contribution in [2.45, 2.75) is 24.9 Å². The maximum absolute atomic E-state index is 14.2. The Morgan fingerprint density at radius 1 is 0.863 bits per heavy atom. The molecule has 51 heavy (non-hydrogen) atoms. The van der Waals surface area contributed by atoms with Gasteiger partial charge in [-0.1, -0.05) is 48.5 Å². The molecular weight excluding hydrogens is 665 g/mol. The lowest BCUT2D eigenvalue weighted by molar-refractivity contribution is 0.0384. The molecule has 0 atom stereocenters. The molecule has 0 radical (unpaired) electrons. The Morgan fingerprint density at radius 3 is 2.25 bits per heavy atom. The van der Waals surface area contributed by atoms with Crippen LogP contribution in [-0.2, 0) is 27.8 Å². The van der Waals surface area contributed by atoms with Crippen LogP contribution in [0.2, 0.25) is 0 Å². The number of urea groups is 1. The van der Waals surface area contributed by atoms with E-state index in [0.717, 1.165) is 55.2 Å². The van der Waals surface area contributed by atoms with Crippen LogP contribution in [0.3, 0.4) is 0 Å². The molecule has 6 aromatic rings. The lowest BCUT2D eigenvalue weighted by atomic mass is 10.00. The number of hydrogen-bond donors (Lipinski definition) is 3. The van der Waals surface area contributed by atoms with Crippen molar-refractivity contribution in [3.8, 4) is 22.4 Å². The second kappa shape index (κ2) is 15.3. The van der Waals surface area contributed by atoms with Gasteiger partial charge in [0.05, 0.1) is 23.8 Å². The van der Waals surface area contributed by atoms with Crippen LogP contribution >= 0.6 is 0 Å². The van der Waals surface area contributed by atoms with Gasteiger partial charge in [-0.15, -0.1) is 0 Å². The predicted octanol–water partition coefficient (Wildman–Crippen LogP) is 5.89. The number of morpholine rings is 1. The summed E-state index contributed by atoms with van der Waals surface area (Å²) >= 11 is 0. The number of carbonyl (C=O) groups is 1. The summed E-state index contributed by atoms with van der Waals surface area (Å²) in [6.07, 6.45) is 3.63. The van der Waals surface area contributed by atoms with Crippen molar-refractivity contribution in [1.29, 1.82) is 0 Å². The molecule has 7 rings (SSSR count). The monoisotopic (exact) mass is 704 g/mol. The van der Waals surface area contributed by atoms with E-state index in [9.17, 15) is 13.2 Å². The van der Waals surface area contributed by atoms with Crippen LogP contribution in [0.1, 0.15) is 12.6 Å². The van der Waals surface area contributed by atoms with E-state index in [2.05, 4.69) is 25.8 Å². The summed E-state index contributed by atoms with van der Waals surface area (Å²) in [7, 11) is -3.98. The quantitative estimate of drug-likeness (QED) is 0.134. The van der Waals surface area contributed by atoms with E-state index in [4.69, 9.17) is 9.84 Å². The van der Waals surface area contributed by atoms with Gasteiger partial charge in [0, 0.05) is 79.6 Å². The fraction of sp³-hybridized carbons (Fsp3) is 0.237. The molecular formula is C38H40N8O4S. The molecule has 4 heterocycles. The Kier molecular flexibility index (Phi) is 10.2. The number of aromatic nitrogens is 4. The fourth-order valence-corrected chi connectivity index (χ4v) is 7.76. The van der Waals surface area contributed by atoms with Gasteiger partial charge in [-0.3, -0.25) is 9.58 Å². The Labute approximate surface area is 297 Å². The summed E-state index contributed by atoms with van der Waals surface area (Å²) in [6, 6.07) is 28.7. The van der Waals surface area contributed by atoms with Crippen LogP contribution in [0, 0.1) is 0 Å². The molecule has 3 aromatic heterocycles. The lowest BCUT2D eigenvalue weighted by Crippen LogP contribution is -2.40. The molecule has 3 N–H and O–H groups in total. The molecule has 12 nitrogen and oxygen atoms in total. The Hall–Kier alpha value is -5.34. The van der Waals surface area contributed by atoms with Gasteiger partial charge in [-0.25, -0.2) is 22.2 Å². The molecule has 1 fully saturated rings. The number of ether oxygens (including phenoxy) is 1. The van der Waals surface area contributed by atoms with Crippen molar-refractivity contribution < 1.29 is 17.9 Å². The summed E-state index contributed by atoms with van der Waals surface area (Å²) in [5.41, 5.74) is 5.49. The van der Waals surface area contributed by atoms with Crippen molar-refractivity contribution in [2.75, 3.05) is 50.0 Å². The van der Waals surface area contributed by atoms with Crippen LogP contribution in [0.4, 0.5) is 16.2 Å². The molecule has 0 unspecified atom stereocenters. The molecule has 1 saturated heterocycles. The summed E-state index contributed by atoms with van der Waals surface area (Å²) in [4.78, 5) is 19.8. The van der Waals surface area contributed by atoms with Crippen LogP contribution in [0.25, 0.3) is 33.4 Å². The average molecular weight is 705 g/mol. The fourth-order valence-electron chi connectivity index (χ4n) is 6.25. The number of rotatable bonds is 12. The lowest BCUT2D eigenvalue weighted by Gasteiger charge is -2.26. The van der Waals surface area contributed by atoms with Crippen molar-refractivity contribution in [1.82, 2.24) is 29.0 Å². The highest BCUT2D eigenvalue weighted by Crippen LogP contribution is 2.37. The molecule has 0 bridgehead atoms. The molecule has 13 heteroatoms. The third-order valence-corrected chi connectivity index (χ3v) is 10.6. The molecule has 2 amide bonds. The van der Waals surface area contributed by atoms with E-state index in [1.54, 1.807) is 36.5 Å². The highest BCUT2D eigenvalue weighted by atomic mass is 32.2. The van der Waals surface area contributed by atoms with Gasteiger partial charge in [-0.2, -0.15) is 5.10 Å². The number of aryl methyl sites for hydroxylation is 1. The summed E-state index contributed by atoms with van der Waals surface area (Å²) in [5, 5.41) is 14.8. The minimum absolute atomic E-state index is 0.190. The molecule has 0 aliphatic carbocycles. The minimum atomic E-state index is -3.98. The van der Waals surface area contributed by atoms with Gasteiger partial charge in [0.2, 0.25) is 0 Å². The summed E-state index contributed by atoms with van der Waals surface area (Å²) in [5.74, 6) is 0. The topological polar surface area (TPSA) is 135 Å². The Bertz CT molecular complexity index is 2210. The van der Waals surface area contributed by atoms with Crippen LogP contribution in [-0.4, -0.2) is 77.5 Å². The van der Waals surface area contributed by atoms with Gasteiger partial charge in [-0.05, 0) is 61.0 Å². The molecule has 1 aliphatic heterocycles. The predicted molar refractivity (Wildman–Crippen MR) is 199 cm³/mol. The maximum atomic E-state index is 14.2. The normalized spacial score (nSPS) is 13.7. The van der Waals surface area contributed by atoms with E-state index < -0.39 is 10.0 Å². The average Bonchev–Trinajstić information content (AvgIpc) is 3.77. The zero-order chi connectivity index (χ0) is 35.2. The summed E-state index contributed by atoms with van der Waals surface area (Å²) in [6.45, 7) is 7.74. The number of fused-ring (bicyclic) bond motifs is 1. The van der Waals surface area contributed by atoms with E-state index in [-0.39, 0.29) is 10.9 Å². The third kappa shape index (κ3) is 7.56. The highest BCUT2D eigenvalue weighted by Gasteiger charge is 2.26. The van der Waals surface area contributed by atoms with Crippen molar-refractivity contribution in [3.05, 3.63) is 115 Å². The number of hydrogen-bond acceptors (Lipinski definition) is 8. The van der Waals surface area contributed by atoms with Crippen molar-refractivity contribution in [3.63, 3.8) is 0 Å². The van der Waals surface area contributed by atoms with Gasteiger partial charge in [0.1, 0.15) is 5.69 Å². The third-order valence-electron chi connectivity index (χ3n) is 8.85. The number of nitrogens with one attached hydrogen (secondary N) is 3. The first-order chi connectivity index (χ1) is 24.9. The van der Waals surface area contributed by atoms with Crippen LogP contribution in [0.5, 0.6) is 0 Å². The number of para-hydroxylation sites is 1. The zero-order valence-electron chi connectivity index (χ0n) is 28.3. The molecule has 0 saturated carbocycles. The standard InChI is InChI=1S/C38H40N8O4S/c1-2-45-27-35(36(43-45)28-13-15-30(16-14-28)42-38(47)41-29-9-5-3-6-10-29)33-17-18-40-37-34(33)25-31(26-39-19-20-44-21-23-50-24-22-44)46(37)51(48,49)32-11-7-4-8-12-32/h3-18,25,27,39H,2,19-24,26H2,1H3,(H2,41,42,47).